The van der Waals surface area contributed by atoms with Crippen LogP contribution in [0.5, 0.6) is 0 Å². The highest BCUT2D eigenvalue weighted by molar-refractivity contribution is 6.11. The van der Waals surface area contributed by atoms with E-state index in [9.17, 15) is 0 Å². The zero-order valence-electron chi connectivity index (χ0n) is 21.9. The van der Waals surface area contributed by atoms with Crippen LogP contribution in [-0.4, -0.2) is 47.1 Å². The Morgan fingerprint density at radius 2 is 2.03 bits per heavy atom. The lowest BCUT2D eigenvalue weighted by Crippen LogP contribution is -2.14. The minimum atomic E-state index is 0.230. The van der Waals surface area contributed by atoms with Crippen molar-refractivity contribution in [1.82, 2.24) is 20.2 Å². The Labute approximate surface area is 217 Å². The molecule has 1 unspecified atom stereocenters. The van der Waals surface area contributed by atoms with Crippen molar-refractivity contribution in [3.63, 3.8) is 0 Å². The second kappa shape index (κ2) is 11.6. The van der Waals surface area contributed by atoms with E-state index in [2.05, 4.69) is 46.3 Å². The zero-order valence-corrected chi connectivity index (χ0v) is 21.9. The molecule has 0 spiro atoms. The number of fused-ring (bicyclic) bond motifs is 1. The number of nitrogens with two attached hydrogens (primary N) is 1. The van der Waals surface area contributed by atoms with E-state index < -0.39 is 0 Å². The van der Waals surface area contributed by atoms with Gasteiger partial charge >= 0.3 is 0 Å². The van der Waals surface area contributed by atoms with Gasteiger partial charge in [-0.1, -0.05) is 20.8 Å². The summed E-state index contributed by atoms with van der Waals surface area (Å²) < 4.78 is 11.4. The first kappa shape index (κ1) is 25.8. The molecule has 1 aliphatic carbocycles. The number of nitrogens with zero attached hydrogens (tertiary/aromatic N) is 5. The van der Waals surface area contributed by atoms with Gasteiger partial charge in [0.05, 0.1) is 41.6 Å². The van der Waals surface area contributed by atoms with Crippen LogP contribution in [0.2, 0.25) is 0 Å². The van der Waals surface area contributed by atoms with Crippen molar-refractivity contribution >= 4 is 34.5 Å². The maximum absolute atomic E-state index is 6.48. The number of ether oxygens (including phenoxy) is 2. The zero-order chi connectivity index (χ0) is 26.4. The number of hydrogen-bond acceptors (Lipinski definition) is 9. The number of allylic oxidation sites excluding steroid dienone is 5. The molecule has 4 rings (SSSR count). The quantitative estimate of drug-likeness (QED) is 0.389. The van der Waals surface area contributed by atoms with E-state index >= 15 is 0 Å². The number of nitrogens with one attached hydrogen (secondary N) is 1. The second-order valence-corrected chi connectivity index (χ2v) is 9.24. The summed E-state index contributed by atoms with van der Waals surface area (Å²) in [4.78, 5) is 13.5. The fraction of sp³-hybridized carbons (Fsp3) is 0.321. The molecule has 3 aromatic heterocycles. The summed E-state index contributed by atoms with van der Waals surface area (Å²) in [6, 6.07) is 7.71. The largest absolute Gasteiger partial charge is 0.501 e. The highest BCUT2D eigenvalue weighted by atomic mass is 16.5. The lowest BCUT2D eigenvalue weighted by Gasteiger charge is -2.21. The number of hydrogen-bond donors (Lipinski definition) is 2. The Morgan fingerprint density at radius 1 is 1.19 bits per heavy atom. The molecule has 37 heavy (non-hydrogen) atoms. The second-order valence-electron chi connectivity index (χ2n) is 9.24. The minimum absolute atomic E-state index is 0.230. The Morgan fingerprint density at radius 3 is 2.76 bits per heavy atom. The fourth-order valence-electron chi connectivity index (χ4n) is 4.02. The predicted molar refractivity (Wildman–Crippen MR) is 147 cm³/mol. The molecule has 0 bridgehead atoms. The van der Waals surface area contributed by atoms with E-state index in [1.165, 1.54) is 0 Å². The smallest absolute Gasteiger partial charge is 0.154 e. The van der Waals surface area contributed by atoms with Gasteiger partial charge in [-0.15, -0.1) is 5.10 Å². The minimum Gasteiger partial charge on any atom is -0.501 e. The van der Waals surface area contributed by atoms with Crippen molar-refractivity contribution in [1.29, 1.82) is 0 Å². The van der Waals surface area contributed by atoms with Gasteiger partial charge in [0.15, 0.2) is 5.82 Å². The van der Waals surface area contributed by atoms with Gasteiger partial charge in [-0.05, 0) is 47.9 Å². The summed E-state index contributed by atoms with van der Waals surface area (Å²) in [5.74, 6) is 3.70. The summed E-state index contributed by atoms with van der Waals surface area (Å²) in [5.41, 5.74) is 11.2. The van der Waals surface area contributed by atoms with E-state index in [1.54, 1.807) is 32.8 Å². The number of rotatable bonds is 9. The van der Waals surface area contributed by atoms with Gasteiger partial charge in [0, 0.05) is 42.9 Å². The Balaban J connectivity index is 1.58. The van der Waals surface area contributed by atoms with Crippen molar-refractivity contribution in [3.8, 4) is 0 Å². The van der Waals surface area contributed by atoms with Crippen molar-refractivity contribution in [2.24, 2.45) is 16.6 Å². The fourth-order valence-corrected chi connectivity index (χ4v) is 4.02. The monoisotopic (exact) mass is 499 g/mol. The van der Waals surface area contributed by atoms with Crippen LogP contribution in [0.25, 0.3) is 16.6 Å². The number of aliphatic imine (C=N–C) groups is 1. The third kappa shape index (κ3) is 6.30. The Hall–Kier alpha value is -4.27. The van der Waals surface area contributed by atoms with Gasteiger partial charge < -0.3 is 20.5 Å². The van der Waals surface area contributed by atoms with Crippen LogP contribution in [-0.2, 0) is 9.47 Å². The van der Waals surface area contributed by atoms with Gasteiger partial charge in [0.25, 0.3) is 0 Å². The number of methoxy groups -OCH3 is 1. The standard InChI is InChI=1S/C28H33N7O2/c1-17(2)19-12-28(35-32-14-19)34-27-9-7-24-25(33-27)11-20(13-31-24)22(15-30-4)23(29)16-37-21-6-8-26(36-5)18(3)10-21/h6-9,11-15,17-18H,10,16,29H2,1-5H3,(H,33,34,35). The molecule has 192 valence electrons. The summed E-state index contributed by atoms with van der Waals surface area (Å²) in [7, 11) is 3.39. The number of pyridine rings is 2. The SMILES string of the molecule is CN=CC(=C(N)COC1=CC=C(OC)C(C)C1)c1cnc2ccc(Nc3cc(C(C)C)cnn3)nc2c1. The van der Waals surface area contributed by atoms with Crippen LogP contribution in [0.3, 0.4) is 0 Å². The molecule has 3 aromatic rings. The van der Waals surface area contributed by atoms with Gasteiger partial charge in [0.2, 0.25) is 0 Å². The van der Waals surface area contributed by atoms with Gasteiger partial charge in [-0.25, -0.2) is 4.98 Å². The van der Waals surface area contributed by atoms with Gasteiger partial charge in [0.1, 0.15) is 12.4 Å². The first-order chi connectivity index (χ1) is 17.9. The van der Waals surface area contributed by atoms with Crippen LogP contribution < -0.4 is 11.1 Å². The first-order valence-corrected chi connectivity index (χ1v) is 12.2. The van der Waals surface area contributed by atoms with Gasteiger partial charge in [-0.2, -0.15) is 5.10 Å². The summed E-state index contributed by atoms with van der Waals surface area (Å²) in [6.45, 7) is 6.56. The average molecular weight is 500 g/mol. The predicted octanol–water partition coefficient (Wildman–Crippen LogP) is 5.13. The van der Waals surface area contributed by atoms with E-state index in [0.29, 0.717) is 28.8 Å². The van der Waals surface area contributed by atoms with Crippen molar-refractivity contribution in [2.45, 2.75) is 33.1 Å². The maximum Gasteiger partial charge on any atom is 0.154 e. The molecular formula is C28H33N7O2. The van der Waals surface area contributed by atoms with E-state index in [-0.39, 0.29) is 12.5 Å². The maximum atomic E-state index is 6.48. The molecule has 3 heterocycles. The number of anilines is 2. The summed E-state index contributed by atoms with van der Waals surface area (Å²) in [6.07, 6.45) is 9.89. The molecule has 0 saturated heterocycles. The third-order valence-electron chi connectivity index (χ3n) is 6.13. The van der Waals surface area contributed by atoms with Crippen LogP contribution in [0.4, 0.5) is 11.6 Å². The molecular weight excluding hydrogens is 466 g/mol. The molecule has 0 amide bonds. The molecule has 0 aromatic carbocycles. The Bertz CT molecular complexity index is 1390. The van der Waals surface area contributed by atoms with Crippen molar-refractivity contribution in [3.05, 3.63) is 77.2 Å². The molecule has 3 N–H and O–H groups in total. The van der Waals surface area contributed by atoms with Gasteiger partial charge in [-0.3, -0.25) is 9.98 Å². The normalized spacial score (nSPS) is 16.4. The topological polar surface area (TPSA) is 120 Å². The van der Waals surface area contributed by atoms with Crippen LogP contribution in [0.15, 0.2) is 71.0 Å². The highest BCUT2D eigenvalue weighted by Crippen LogP contribution is 2.27. The van der Waals surface area contributed by atoms with Crippen molar-refractivity contribution < 1.29 is 9.47 Å². The molecule has 0 fully saturated rings. The number of aromatic nitrogens is 4. The Kier molecular flexibility index (Phi) is 8.12. The van der Waals surface area contributed by atoms with Crippen LogP contribution in [0.1, 0.15) is 44.2 Å². The molecule has 0 aliphatic heterocycles. The molecule has 0 radical (unpaired) electrons. The summed E-state index contributed by atoms with van der Waals surface area (Å²) in [5, 5.41) is 11.5. The third-order valence-corrected chi connectivity index (χ3v) is 6.13. The molecule has 1 atom stereocenters. The molecule has 1 aliphatic rings. The molecule has 9 heteroatoms. The molecule has 9 nitrogen and oxygen atoms in total. The van der Waals surface area contributed by atoms with Crippen molar-refractivity contribution in [2.75, 3.05) is 26.1 Å². The highest BCUT2D eigenvalue weighted by Gasteiger charge is 2.17. The van der Waals surface area contributed by atoms with Crippen LogP contribution >= 0.6 is 0 Å². The average Bonchev–Trinajstić information content (AvgIpc) is 2.90. The summed E-state index contributed by atoms with van der Waals surface area (Å²) >= 11 is 0. The van der Waals surface area contributed by atoms with Crippen LogP contribution in [0, 0.1) is 5.92 Å². The first-order valence-electron chi connectivity index (χ1n) is 12.2. The van der Waals surface area contributed by atoms with E-state index in [4.69, 9.17) is 20.2 Å². The van der Waals surface area contributed by atoms with E-state index in [1.807, 2.05) is 36.4 Å². The van der Waals surface area contributed by atoms with E-state index in [0.717, 1.165) is 40.2 Å². The lowest BCUT2D eigenvalue weighted by atomic mass is 9.99. The molecule has 0 saturated carbocycles. The lowest BCUT2D eigenvalue weighted by molar-refractivity contribution is 0.192.